The SMILES string of the molecule is O=c1oc2ccccc2n1CCSc1nc2ccccc2o1. The Labute approximate surface area is 129 Å². The van der Waals surface area contributed by atoms with E-state index in [0.29, 0.717) is 23.1 Å². The molecule has 0 aliphatic heterocycles. The molecule has 2 heterocycles. The zero-order valence-corrected chi connectivity index (χ0v) is 12.4. The number of aromatic nitrogens is 2. The van der Waals surface area contributed by atoms with Crippen molar-refractivity contribution in [3.8, 4) is 0 Å². The van der Waals surface area contributed by atoms with E-state index in [-0.39, 0.29) is 5.76 Å². The predicted molar refractivity (Wildman–Crippen MR) is 85.2 cm³/mol. The Kier molecular flexibility index (Phi) is 3.23. The van der Waals surface area contributed by atoms with Crippen LogP contribution in [0.1, 0.15) is 0 Å². The maximum absolute atomic E-state index is 11.9. The molecular formula is C16H12N2O3S. The van der Waals surface area contributed by atoms with Gasteiger partial charge in [-0.25, -0.2) is 9.78 Å². The lowest BCUT2D eigenvalue weighted by Gasteiger charge is -1.99. The Bertz CT molecular complexity index is 966. The Balaban J connectivity index is 1.52. The molecule has 0 saturated heterocycles. The van der Waals surface area contributed by atoms with E-state index < -0.39 is 0 Å². The van der Waals surface area contributed by atoms with Gasteiger partial charge in [-0.3, -0.25) is 4.57 Å². The highest BCUT2D eigenvalue weighted by Gasteiger charge is 2.10. The Morgan fingerprint density at radius 2 is 1.77 bits per heavy atom. The number of oxazole rings is 2. The molecule has 0 N–H and O–H groups in total. The summed E-state index contributed by atoms with van der Waals surface area (Å²) in [4.78, 5) is 16.3. The first-order valence-corrected chi connectivity index (χ1v) is 7.86. The molecule has 0 aliphatic carbocycles. The van der Waals surface area contributed by atoms with Crippen molar-refractivity contribution in [2.24, 2.45) is 0 Å². The number of aryl methyl sites for hydroxylation is 1. The summed E-state index contributed by atoms with van der Waals surface area (Å²) in [7, 11) is 0. The molecule has 0 spiro atoms. The molecule has 0 fully saturated rings. The van der Waals surface area contributed by atoms with Crippen LogP contribution in [0.5, 0.6) is 0 Å². The van der Waals surface area contributed by atoms with Crippen molar-refractivity contribution in [2.75, 3.05) is 5.75 Å². The van der Waals surface area contributed by atoms with Crippen LogP contribution in [0.2, 0.25) is 0 Å². The molecule has 5 nitrogen and oxygen atoms in total. The van der Waals surface area contributed by atoms with Crippen LogP contribution < -0.4 is 5.76 Å². The number of hydrogen-bond donors (Lipinski definition) is 0. The average Bonchev–Trinajstić information content (AvgIpc) is 3.08. The largest absolute Gasteiger partial charge is 0.431 e. The van der Waals surface area contributed by atoms with Gasteiger partial charge in [-0.15, -0.1) is 0 Å². The Morgan fingerprint density at radius 3 is 2.64 bits per heavy atom. The number of fused-ring (bicyclic) bond motifs is 2. The van der Waals surface area contributed by atoms with E-state index >= 15 is 0 Å². The second-order valence-corrected chi connectivity index (χ2v) is 5.83. The lowest BCUT2D eigenvalue weighted by atomic mass is 10.3. The zero-order valence-electron chi connectivity index (χ0n) is 11.6. The molecule has 0 aliphatic rings. The van der Waals surface area contributed by atoms with Gasteiger partial charge >= 0.3 is 5.76 Å². The van der Waals surface area contributed by atoms with E-state index in [9.17, 15) is 4.79 Å². The highest BCUT2D eigenvalue weighted by atomic mass is 32.2. The Hall–Kier alpha value is -2.47. The van der Waals surface area contributed by atoms with Crippen LogP contribution in [0.25, 0.3) is 22.2 Å². The van der Waals surface area contributed by atoms with Gasteiger partial charge in [-0.2, -0.15) is 0 Å². The fraction of sp³-hybridized carbons (Fsp3) is 0.125. The van der Waals surface area contributed by atoms with Crippen LogP contribution in [-0.2, 0) is 6.54 Å². The second-order valence-electron chi connectivity index (χ2n) is 4.78. The summed E-state index contributed by atoms with van der Waals surface area (Å²) in [5, 5.41) is 0.613. The fourth-order valence-electron chi connectivity index (χ4n) is 2.36. The summed E-state index contributed by atoms with van der Waals surface area (Å²) < 4.78 is 12.5. The van der Waals surface area contributed by atoms with E-state index in [2.05, 4.69) is 4.98 Å². The summed E-state index contributed by atoms with van der Waals surface area (Å²) in [5.74, 6) is 0.343. The minimum Gasteiger partial charge on any atom is -0.431 e. The van der Waals surface area contributed by atoms with Crippen molar-refractivity contribution >= 4 is 34.0 Å². The molecule has 0 radical (unpaired) electrons. The van der Waals surface area contributed by atoms with Gasteiger partial charge in [-0.1, -0.05) is 36.0 Å². The van der Waals surface area contributed by atoms with E-state index in [0.717, 1.165) is 16.6 Å². The number of para-hydroxylation sites is 4. The van der Waals surface area contributed by atoms with Crippen molar-refractivity contribution in [2.45, 2.75) is 11.8 Å². The number of nitrogens with zero attached hydrogens (tertiary/aromatic N) is 2. The number of rotatable bonds is 4. The first-order chi connectivity index (χ1) is 10.8. The average molecular weight is 312 g/mol. The van der Waals surface area contributed by atoms with Crippen LogP contribution in [0.4, 0.5) is 0 Å². The van der Waals surface area contributed by atoms with E-state index in [1.165, 1.54) is 11.8 Å². The minimum absolute atomic E-state index is 0.334. The third-order valence-corrected chi connectivity index (χ3v) is 4.20. The summed E-state index contributed by atoms with van der Waals surface area (Å²) in [6.45, 7) is 0.541. The highest BCUT2D eigenvalue weighted by Crippen LogP contribution is 2.23. The molecule has 0 bridgehead atoms. The number of thioether (sulfide) groups is 1. The van der Waals surface area contributed by atoms with Crippen molar-refractivity contribution < 1.29 is 8.83 Å². The van der Waals surface area contributed by atoms with Crippen LogP contribution >= 0.6 is 11.8 Å². The van der Waals surface area contributed by atoms with Crippen molar-refractivity contribution in [3.05, 3.63) is 59.1 Å². The van der Waals surface area contributed by atoms with Crippen molar-refractivity contribution in [1.82, 2.24) is 9.55 Å². The molecule has 110 valence electrons. The second kappa shape index (κ2) is 5.38. The van der Waals surface area contributed by atoms with Crippen LogP contribution in [0.15, 0.2) is 67.4 Å². The van der Waals surface area contributed by atoms with Gasteiger partial charge < -0.3 is 8.83 Å². The first-order valence-electron chi connectivity index (χ1n) is 6.88. The number of benzene rings is 2. The molecule has 2 aromatic heterocycles. The van der Waals surface area contributed by atoms with E-state index in [1.54, 1.807) is 10.6 Å². The maximum Gasteiger partial charge on any atom is 0.419 e. The van der Waals surface area contributed by atoms with Gasteiger partial charge in [0.25, 0.3) is 5.22 Å². The zero-order chi connectivity index (χ0) is 14.9. The third kappa shape index (κ3) is 2.31. The topological polar surface area (TPSA) is 61.2 Å². The lowest BCUT2D eigenvalue weighted by molar-refractivity contribution is 0.488. The Morgan fingerprint density at radius 1 is 1.00 bits per heavy atom. The molecule has 2 aromatic carbocycles. The molecule has 0 saturated carbocycles. The monoisotopic (exact) mass is 312 g/mol. The summed E-state index contributed by atoms with van der Waals surface area (Å²) >= 11 is 1.48. The summed E-state index contributed by atoms with van der Waals surface area (Å²) in [6, 6.07) is 15.1. The van der Waals surface area contributed by atoms with Crippen LogP contribution in [-0.4, -0.2) is 15.3 Å². The standard InChI is InChI=1S/C16H12N2O3S/c19-16-18(12-6-2-4-8-14(12)21-16)9-10-22-15-17-11-5-1-3-7-13(11)20-15/h1-8H,9-10H2. The van der Waals surface area contributed by atoms with Crippen molar-refractivity contribution in [1.29, 1.82) is 0 Å². The first kappa shape index (κ1) is 13.2. The highest BCUT2D eigenvalue weighted by molar-refractivity contribution is 7.99. The maximum atomic E-state index is 11.9. The van der Waals surface area contributed by atoms with Crippen LogP contribution in [0, 0.1) is 0 Å². The van der Waals surface area contributed by atoms with Crippen LogP contribution in [0.3, 0.4) is 0 Å². The number of hydrogen-bond acceptors (Lipinski definition) is 5. The van der Waals surface area contributed by atoms with Gasteiger partial charge in [0.15, 0.2) is 11.2 Å². The molecule has 0 atom stereocenters. The fourth-order valence-corrected chi connectivity index (χ4v) is 3.12. The van der Waals surface area contributed by atoms with Gasteiger partial charge in [0.1, 0.15) is 5.52 Å². The normalized spacial score (nSPS) is 11.5. The molecule has 0 amide bonds. The summed E-state index contributed by atoms with van der Waals surface area (Å²) in [6.07, 6.45) is 0. The predicted octanol–water partition coefficient (Wildman–Crippen LogP) is 3.53. The summed E-state index contributed by atoms with van der Waals surface area (Å²) in [5.41, 5.74) is 3.04. The lowest BCUT2D eigenvalue weighted by Crippen LogP contribution is -2.15. The third-order valence-electron chi connectivity index (χ3n) is 3.39. The van der Waals surface area contributed by atoms with E-state index in [4.69, 9.17) is 8.83 Å². The minimum atomic E-state index is -0.334. The van der Waals surface area contributed by atoms with Gasteiger partial charge in [0.2, 0.25) is 0 Å². The molecule has 4 rings (SSSR count). The van der Waals surface area contributed by atoms with Crippen molar-refractivity contribution in [3.63, 3.8) is 0 Å². The molecule has 4 aromatic rings. The smallest absolute Gasteiger partial charge is 0.419 e. The van der Waals surface area contributed by atoms with Gasteiger partial charge in [0, 0.05) is 12.3 Å². The van der Waals surface area contributed by atoms with E-state index in [1.807, 2.05) is 42.5 Å². The molecule has 6 heteroatoms. The molecule has 22 heavy (non-hydrogen) atoms. The molecule has 0 unspecified atom stereocenters. The molecular weight excluding hydrogens is 300 g/mol. The quantitative estimate of drug-likeness (QED) is 0.539. The van der Waals surface area contributed by atoms with Gasteiger partial charge in [-0.05, 0) is 24.3 Å². The van der Waals surface area contributed by atoms with Gasteiger partial charge in [0.05, 0.1) is 5.52 Å².